The maximum atomic E-state index is 11.5. The first-order chi connectivity index (χ1) is 10.4. The van der Waals surface area contributed by atoms with Crippen LogP contribution in [0.4, 0.5) is 10.5 Å². The predicted molar refractivity (Wildman–Crippen MR) is 84.8 cm³/mol. The Labute approximate surface area is 131 Å². The van der Waals surface area contributed by atoms with Gasteiger partial charge in [-0.2, -0.15) is 0 Å². The zero-order valence-corrected chi connectivity index (χ0v) is 13.8. The van der Waals surface area contributed by atoms with Crippen molar-refractivity contribution >= 4 is 11.8 Å². The standard InChI is InChI=1S/C15H26N4O3/c1-15(2,3)22-14(20)18-7-5-6-12(10-21-4)19-13-8-16-11-17-9-13/h8-9,11-12,19H,5-7,10H2,1-4H3,(H,18,20). The number of nitrogens with one attached hydrogen (secondary N) is 2. The average Bonchev–Trinajstić information content (AvgIpc) is 2.43. The molecule has 0 saturated carbocycles. The predicted octanol–water partition coefficient (Wildman–Crippen LogP) is 2.21. The molecule has 1 amide bonds. The highest BCUT2D eigenvalue weighted by Gasteiger charge is 2.15. The van der Waals surface area contributed by atoms with E-state index in [1.165, 1.54) is 6.33 Å². The lowest BCUT2D eigenvalue weighted by Gasteiger charge is -2.21. The molecule has 1 aromatic rings. The van der Waals surface area contributed by atoms with Crippen molar-refractivity contribution < 1.29 is 14.3 Å². The molecule has 1 unspecified atom stereocenters. The third-order valence-corrected chi connectivity index (χ3v) is 2.70. The van der Waals surface area contributed by atoms with Crippen LogP contribution in [0.15, 0.2) is 18.7 Å². The van der Waals surface area contributed by atoms with E-state index in [0.29, 0.717) is 13.2 Å². The maximum Gasteiger partial charge on any atom is 0.407 e. The van der Waals surface area contributed by atoms with Crippen LogP contribution in [0.25, 0.3) is 0 Å². The lowest BCUT2D eigenvalue weighted by Crippen LogP contribution is -2.33. The Morgan fingerprint density at radius 1 is 1.32 bits per heavy atom. The molecule has 124 valence electrons. The zero-order chi connectivity index (χ0) is 16.4. The first-order valence-electron chi connectivity index (χ1n) is 7.38. The molecule has 0 aliphatic heterocycles. The van der Waals surface area contributed by atoms with Gasteiger partial charge < -0.3 is 20.1 Å². The van der Waals surface area contributed by atoms with Crippen molar-refractivity contribution in [1.82, 2.24) is 15.3 Å². The van der Waals surface area contributed by atoms with Gasteiger partial charge in [-0.1, -0.05) is 0 Å². The third kappa shape index (κ3) is 8.41. The molecule has 2 N–H and O–H groups in total. The fourth-order valence-corrected chi connectivity index (χ4v) is 1.86. The van der Waals surface area contributed by atoms with Crippen molar-refractivity contribution in [3.8, 4) is 0 Å². The molecular formula is C15H26N4O3. The molecule has 0 aliphatic carbocycles. The quantitative estimate of drug-likeness (QED) is 0.716. The van der Waals surface area contributed by atoms with Crippen molar-refractivity contribution in [2.45, 2.75) is 45.3 Å². The van der Waals surface area contributed by atoms with Crippen molar-refractivity contribution in [3.63, 3.8) is 0 Å². The minimum atomic E-state index is -0.475. The second-order valence-electron chi connectivity index (χ2n) is 5.99. The van der Waals surface area contributed by atoms with E-state index in [0.717, 1.165) is 18.5 Å². The van der Waals surface area contributed by atoms with Crippen molar-refractivity contribution in [2.75, 3.05) is 25.6 Å². The largest absolute Gasteiger partial charge is 0.444 e. The number of ether oxygens (including phenoxy) is 2. The summed E-state index contributed by atoms with van der Waals surface area (Å²) in [5.41, 5.74) is 0.377. The number of hydrogen-bond donors (Lipinski definition) is 2. The Kier molecular flexibility index (Phi) is 7.59. The van der Waals surface area contributed by atoms with Crippen molar-refractivity contribution in [1.29, 1.82) is 0 Å². The van der Waals surface area contributed by atoms with Crippen LogP contribution in [0.3, 0.4) is 0 Å². The van der Waals surface area contributed by atoms with E-state index in [9.17, 15) is 4.79 Å². The minimum Gasteiger partial charge on any atom is -0.444 e. The summed E-state index contributed by atoms with van der Waals surface area (Å²) in [7, 11) is 1.66. The molecule has 0 saturated heterocycles. The summed E-state index contributed by atoms with van der Waals surface area (Å²) in [4.78, 5) is 19.5. The second kappa shape index (κ2) is 9.19. The maximum absolute atomic E-state index is 11.5. The van der Waals surface area contributed by atoms with Gasteiger partial charge in [0, 0.05) is 19.7 Å². The Bertz CT molecular complexity index is 434. The molecule has 0 radical (unpaired) electrons. The highest BCUT2D eigenvalue weighted by atomic mass is 16.6. The molecule has 0 aromatic carbocycles. The monoisotopic (exact) mass is 310 g/mol. The van der Waals surface area contributed by atoms with Crippen LogP contribution in [0.2, 0.25) is 0 Å². The number of carbonyl (C=O) groups is 1. The molecule has 0 aliphatic rings. The van der Waals surface area contributed by atoms with Gasteiger partial charge in [-0.3, -0.25) is 0 Å². The van der Waals surface area contributed by atoms with Crippen LogP contribution >= 0.6 is 0 Å². The summed E-state index contributed by atoms with van der Waals surface area (Å²) in [6.07, 6.45) is 6.19. The van der Waals surface area contributed by atoms with E-state index >= 15 is 0 Å². The van der Waals surface area contributed by atoms with Crippen LogP contribution < -0.4 is 10.6 Å². The van der Waals surface area contributed by atoms with Crippen LogP contribution in [-0.2, 0) is 9.47 Å². The first kappa shape index (κ1) is 18.2. The van der Waals surface area contributed by atoms with Crippen LogP contribution in [0, 0.1) is 0 Å². The van der Waals surface area contributed by atoms with E-state index < -0.39 is 5.60 Å². The fourth-order valence-electron chi connectivity index (χ4n) is 1.86. The van der Waals surface area contributed by atoms with Gasteiger partial charge in [0.05, 0.1) is 24.7 Å². The lowest BCUT2D eigenvalue weighted by molar-refractivity contribution is 0.0526. The smallest absolute Gasteiger partial charge is 0.407 e. The van der Waals surface area contributed by atoms with Gasteiger partial charge in [-0.25, -0.2) is 14.8 Å². The topological polar surface area (TPSA) is 85.4 Å². The molecule has 1 aromatic heterocycles. The third-order valence-electron chi connectivity index (χ3n) is 2.70. The Morgan fingerprint density at radius 2 is 2.00 bits per heavy atom. The van der Waals surface area contributed by atoms with Crippen LogP contribution in [0.1, 0.15) is 33.6 Å². The summed E-state index contributed by atoms with van der Waals surface area (Å²) >= 11 is 0. The first-order valence-corrected chi connectivity index (χ1v) is 7.38. The number of methoxy groups -OCH3 is 1. The molecule has 7 heteroatoms. The fraction of sp³-hybridized carbons (Fsp3) is 0.667. The van der Waals surface area contributed by atoms with Crippen LogP contribution in [-0.4, -0.2) is 48.0 Å². The molecule has 7 nitrogen and oxygen atoms in total. The number of carbonyl (C=O) groups excluding carboxylic acids is 1. The number of alkyl carbamates (subject to hydrolysis) is 1. The molecule has 0 spiro atoms. The summed E-state index contributed by atoms with van der Waals surface area (Å²) in [5.74, 6) is 0. The van der Waals surface area contributed by atoms with E-state index in [2.05, 4.69) is 20.6 Å². The highest BCUT2D eigenvalue weighted by molar-refractivity contribution is 5.67. The molecule has 1 heterocycles. The molecule has 1 atom stereocenters. The van der Waals surface area contributed by atoms with E-state index in [1.807, 2.05) is 20.8 Å². The van der Waals surface area contributed by atoms with E-state index in [1.54, 1.807) is 19.5 Å². The molecular weight excluding hydrogens is 284 g/mol. The normalized spacial score (nSPS) is 12.5. The minimum absolute atomic E-state index is 0.136. The summed E-state index contributed by atoms with van der Waals surface area (Å²) in [6.45, 7) is 6.65. The number of rotatable bonds is 8. The molecule has 22 heavy (non-hydrogen) atoms. The van der Waals surface area contributed by atoms with Crippen molar-refractivity contribution in [3.05, 3.63) is 18.7 Å². The van der Waals surface area contributed by atoms with E-state index in [4.69, 9.17) is 9.47 Å². The second-order valence-corrected chi connectivity index (χ2v) is 5.99. The number of aromatic nitrogens is 2. The number of nitrogens with zero attached hydrogens (tertiary/aromatic N) is 2. The van der Waals surface area contributed by atoms with Crippen LogP contribution in [0.5, 0.6) is 0 Å². The van der Waals surface area contributed by atoms with Gasteiger partial charge in [0.15, 0.2) is 0 Å². The van der Waals surface area contributed by atoms with Gasteiger partial charge in [-0.05, 0) is 33.6 Å². The van der Waals surface area contributed by atoms with Gasteiger partial charge >= 0.3 is 6.09 Å². The van der Waals surface area contributed by atoms with Gasteiger partial charge in [-0.15, -0.1) is 0 Å². The van der Waals surface area contributed by atoms with Crippen molar-refractivity contribution in [2.24, 2.45) is 0 Å². The molecule has 0 fully saturated rings. The molecule has 0 bridgehead atoms. The average molecular weight is 310 g/mol. The summed E-state index contributed by atoms with van der Waals surface area (Å²) < 4.78 is 10.4. The highest BCUT2D eigenvalue weighted by Crippen LogP contribution is 2.09. The number of hydrogen-bond acceptors (Lipinski definition) is 6. The van der Waals surface area contributed by atoms with Gasteiger partial charge in [0.2, 0.25) is 0 Å². The zero-order valence-electron chi connectivity index (χ0n) is 13.8. The molecule has 1 rings (SSSR count). The Hall–Kier alpha value is -1.89. The Balaban J connectivity index is 2.28. The van der Waals surface area contributed by atoms with E-state index in [-0.39, 0.29) is 12.1 Å². The van der Waals surface area contributed by atoms with Gasteiger partial charge in [0.25, 0.3) is 0 Å². The Morgan fingerprint density at radius 3 is 2.59 bits per heavy atom. The number of amides is 1. The summed E-state index contributed by atoms with van der Waals surface area (Å²) in [6, 6.07) is 0.136. The summed E-state index contributed by atoms with van der Waals surface area (Å²) in [5, 5.41) is 6.06. The number of anilines is 1. The van der Waals surface area contributed by atoms with Gasteiger partial charge in [0.1, 0.15) is 11.9 Å². The SMILES string of the molecule is COCC(CCCNC(=O)OC(C)(C)C)Nc1cncnc1. The lowest BCUT2D eigenvalue weighted by atomic mass is 10.1.